The predicted molar refractivity (Wildman–Crippen MR) is 56.6 cm³/mol. The van der Waals surface area contributed by atoms with Crippen LogP contribution in [0.5, 0.6) is 0 Å². The summed E-state index contributed by atoms with van der Waals surface area (Å²) in [6.45, 7) is 8.91. The van der Waals surface area contributed by atoms with Gasteiger partial charge in [-0.1, -0.05) is 13.8 Å². The van der Waals surface area contributed by atoms with Crippen molar-refractivity contribution in [3.8, 4) is 0 Å². The molecule has 1 aliphatic heterocycles. The molecule has 0 aliphatic carbocycles. The fourth-order valence-corrected chi connectivity index (χ4v) is 2.07. The first-order valence-electron chi connectivity index (χ1n) is 4.43. The van der Waals surface area contributed by atoms with Crippen LogP contribution in [0.15, 0.2) is 22.7 Å². The van der Waals surface area contributed by atoms with Crippen LogP contribution in [0, 0.1) is 5.92 Å². The number of nitrogens with zero attached hydrogens (tertiary/aromatic N) is 1. The Labute approximate surface area is 79.5 Å². The van der Waals surface area contributed by atoms with Crippen LogP contribution in [0.2, 0.25) is 0 Å². The number of allylic oxidation sites excluding steroid dienone is 1. The van der Waals surface area contributed by atoms with Crippen LogP contribution in [-0.2, 0) is 0 Å². The summed E-state index contributed by atoms with van der Waals surface area (Å²) in [5.74, 6) is 0.616. The Bertz CT molecular complexity index is 204. The minimum absolute atomic E-state index is 0.566. The van der Waals surface area contributed by atoms with E-state index in [1.54, 1.807) is 11.8 Å². The van der Waals surface area contributed by atoms with Gasteiger partial charge in [-0.15, -0.1) is 11.8 Å². The molecule has 0 aromatic heterocycles. The van der Waals surface area contributed by atoms with E-state index in [2.05, 4.69) is 49.6 Å². The van der Waals surface area contributed by atoms with Crippen molar-refractivity contribution < 1.29 is 0 Å². The first-order valence-corrected chi connectivity index (χ1v) is 5.37. The van der Waals surface area contributed by atoms with Gasteiger partial charge >= 0.3 is 0 Å². The van der Waals surface area contributed by atoms with Crippen LogP contribution >= 0.6 is 11.8 Å². The SMILES string of the molecule is CC(C)C1=CSC=CN1C(C)C. The Kier molecular flexibility index (Phi) is 3.27. The zero-order valence-corrected chi connectivity index (χ0v) is 9.06. The highest BCUT2D eigenvalue weighted by atomic mass is 32.2. The molecule has 2 heteroatoms. The molecule has 0 aromatic rings. The van der Waals surface area contributed by atoms with Gasteiger partial charge in [0.2, 0.25) is 0 Å². The van der Waals surface area contributed by atoms with Crippen molar-refractivity contribution in [2.24, 2.45) is 5.92 Å². The van der Waals surface area contributed by atoms with E-state index in [-0.39, 0.29) is 0 Å². The quantitative estimate of drug-likeness (QED) is 0.645. The Morgan fingerprint density at radius 1 is 1.25 bits per heavy atom. The summed E-state index contributed by atoms with van der Waals surface area (Å²) in [6.07, 6.45) is 2.17. The molecule has 0 aromatic carbocycles. The van der Waals surface area contributed by atoms with Crippen LogP contribution in [0.25, 0.3) is 0 Å². The molecule has 0 saturated carbocycles. The van der Waals surface area contributed by atoms with Crippen LogP contribution in [0.3, 0.4) is 0 Å². The number of rotatable bonds is 2. The Morgan fingerprint density at radius 3 is 2.33 bits per heavy atom. The molecule has 12 heavy (non-hydrogen) atoms. The van der Waals surface area contributed by atoms with Gasteiger partial charge < -0.3 is 4.90 Å². The van der Waals surface area contributed by atoms with Crippen molar-refractivity contribution in [3.63, 3.8) is 0 Å². The highest BCUT2D eigenvalue weighted by molar-refractivity contribution is 8.04. The minimum atomic E-state index is 0.566. The third-order valence-electron chi connectivity index (χ3n) is 1.93. The fraction of sp³-hybridized carbons (Fsp3) is 0.600. The molecule has 0 unspecified atom stereocenters. The van der Waals surface area contributed by atoms with E-state index < -0.39 is 0 Å². The summed E-state index contributed by atoms with van der Waals surface area (Å²) in [5.41, 5.74) is 1.43. The molecule has 0 fully saturated rings. The van der Waals surface area contributed by atoms with E-state index in [0.717, 1.165) is 0 Å². The van der Waals surface area contributed by atoms with Gasteiger partial charge in [-0.25, -0.2) is 0 Å². The van der Waals surface area contributed by atoms with Gasteiger partial charge in [-0.3, -0.25) is 0 Å². The maximum atomic E-state index is 2.33. The monoisotopic (exact) mass is 183 g/mol. The lowest BCUT2D eigenvalue weighted by molar-refractivity contribution is 0.349. The van der Waals surface area contributed by atoms with Crippen molar-refractivity contribution in [2.75, 3.05) is 0 Å². The first kappa shape index (κ1) is 9.72. The van der Waals surface area contributed by atoms with Crippen molar-refractivity contribution >= 4 is 11.8 Å². The molecule has 0 radical (unpaired) electrons. The zero-order chi connectivity index (χ0) is 9.14. The average molecular weight is 183 g/mol. The largest absolute Gasteiger partial charge is 0.348 e. The van der Waals surface area contributed by atoms with E-state index in [4.69, 9.17) is 0 Å². The molecule has 0 amide bonds. The van der Waals surface area contributed by atoms with E-state index >= 15 is 0 Å². The molecule has 1 heterocycles. The van der Waals surface area contributed by atoms with Gasteiger partial charge in [0, 0.05) is 17.9 Å². The molecule has 1 rings (SSSR count). The van der Waals surface area contributed by atoms with E-state index in [1.165, 1.54) is 5.70 Å². The van der Waals surface area contributed by atoms with Gasteiger partial charge in [0.1, 0.15) is 0 Å². The topological polar surface area (TPSA) is 3.24 Å². The zero-order valence-electron chi connectivity index (χ0n) is 8.24. The molecule has 1 aliphatic rings. The Hall–Kier alpha value is -0.370. The summed E-state index contributed by atoms with van der Waals surface area (Å²) < 4.78 is 0. The van der Waals surface area contributed by atoms with Gasteiger partial charge in [-0.05, 0) is 30.6 Å². The van der Waals surface area contributed by atoms with Crippen molar-refractivity contribution in [1.82, 2.24) is 4.90 Å². The molecule has 68 valence electrons. The highest BCUT2D eigenvalue weighted by Gasteiger charge is 2.15. The number of hydrogen-bond donors (Lipinski definition) is 0. The molecular weight excluding hydrogens is 166 g/mol. The van der Waals surface area contributed by atoms with Crippen molar-refractivity contribution in [3.05, 3.63) is 22.7 Å². The Balaban J connectivity index is 2.76. The average Bonchev–Trinajstić information content (AvgIpc) is 2.04. The molecule has 0 bridgehead atoms. The van der Waals surface area contributed by atoms with Crippen LogP contribution < -0.4 is 0 Å². The van der Waals surface area contributed by atoms with Crippen LogP contribution in [0.1, 0.15) is 27.7 Å². The van der Waals surface area contributed by atoms with Gasteiger partial charge in [-0.2, -0.15) is 0 Å². The van der Waals surface area contributed by atoms with Crippen LogP contribution in [0.4, 0.5) is 0 Å². The van der Waals surface area contributed by atoms with Gasteiger partial charge in [0.05, 0.1) is 0 Å². The third kappa shape index (κ3) is 2.07. The molecule has 0 N–H and O–H groups in total. The second kappa shape index (κ2) is 4.04. The summed E-state index contributed by atoms with van der Waals surface area (Å²) in [5, 5.41) is 4.37. The second-order valence-electron chi connectivity index (χ2n) is 3.62. The summed E-state index contributed by atoms with van der Waals surface area (Å²) in [4.78, 5) is 2.33. The normalized spacial score (nSPS) is 17.5. The van der Waals surface area contributed by atoms with E-state index in [1.807, 2.05) is 0 Å². The molecule has 1 nitrogen and oxygen atoms in total. The summed E-state index contributed by atoms with van der Waals surface area (Å²) in [6, 6.07) is 0.566. The number of thioether (sulfide) groups is 1. The Morgan fingerprint density at radius 2 is 1.92 bits per heavy atom. The van der Waals surface area contributed by atoms with Crippen molar-refractivity contribution in [2.45, 2.75) is 33.7 Å². The summed E-state index contributed by atoms with van der Waals surface area (Å²) >= 11 is 1.77. The lowest BCUT2D eigenvalue weighted by atomic mass is 10.1. The fourth-order valence-electron chi connectivity index (χ4n) is 1.26. The highest BCUT2D eigenvalue weighted by Crippen LogP contribution is 2.27. The van der Waals surface area contributed by atoms with Crippen LogP contribution in [-0.4, -0.2) is 10.9 Å². The lowest BCUT2D eigenvalue weighted by Crippen LogP contribution is -2.27. The maximum Gasteiger partial charge on any atom is 0.0277 e. The first-order chi connectivity index (χ1) is 5.63. The third-order valence-corrected chi connectivity index (χ3v) is 2.59. The van der Waals surface area contributed by atoms with Gasteiger partial charge in [0.15, 0.2) is 0 Å². The number of hydrogen-bond acceptors (Lipinski definition) is 2. The lowest BCUT2D eigenvalue weighted by Gasteiger charge is -2.31. The molecular formula is C10H17NS. The van der Waals surface area contributed by atoms with Gasteiger partial charge in [0.25, 0.3) is 0 Å². The standard InChI is InChI=1S/C10H17NS/c1-8(2)10-7-12-6-5-11(10)9(3)4/h5-9H,1-4H3. The maximum absolute atomic E-state index is 2.33. The molecule has 0 atom stereocenters. The molecule has 0 saturated heterocycles. The smallest absolute Gasteiger partial charge is 0.0277 e. The van der Waals surface area contributed by atoms with E-state index in [9.17, 15) is 0 Å². The minimum Gasteiger partial charge on any atom is -0.348 e. The van der Waals surface area contributed by atoms with Crippen molar-refractivity contribution in [1.29, 1.82) is 0 Å². The van der Waals surface area contributed by atoms with E-state index in [0.29, 0.717) is 12.0 Å². The summed E-state index contributed by atoms with van der Waals surface area (Å²) in [7, 11) is 0. The second-order valence-corrected chi connectivity index (χ2v) is 4.40. The predicted octanol–water partition coefficient (Wildman–Crippen LogP) is 3.41. The molecule has 0 spiro atoms.